The Morgan fingerprint density at radius 3 is 2.07 bits per heavy atom. The first kappa shape index (κ1) is 21.6. The molecular formula is C19H13F7N2O2. The van der Waals surface area contributed by atoms with E-state index in [1.54, 1.807) is 0 Å². The van der Waals surface area contributed by atoms with Gasteiger partial charge in [0.1, 0.15) is 17.2 Å². The molecule has 2 aromatic heterocycles. The monoisotopic (exact) mass is 434 g/mol. The topological polar surface area (TPSA) is 44.2 Å². The summed E-state index contributed by atoms with van der Waals surface area (Å²) in [5, 5.41) is -0.584. The van der Waals surface area contributed by atoms with Gasteiger partial charge in [-0.25, -0.2) is 4.98 Å². The summed E-state index contributed by atoms with van der Waals surface area (Å²) in [6, 6.07) is 7.92. The van der Waals surface area contributed by atoms with Crippen molar-refractivity contribution in [2.75, 3.05) is 13.3 Å². The summed E-state index contributed by atoms with van der Waals surface area (Å²) < 4.78 is 101. The number of rotatable bonds is 6. The summed E-state index contributed by atoms with van der Waals surface area (Å²) in [7, 11) is 0. The molecule has 0 saturated heterocycles. The van der Waals surface area contributed by atoms with Crippen LogP contribution in [0.25, 0.3) is 11.0 Å². The molecule has 30 heavy (non-hydrogen) atoms. The van der Waals surface area contributed by atoms with Crippen LogP contribution in [-0.4, -0.2) is 23.2 Å². The molecule has 0 aliphatic carbocycles. The average molecular weight is 434 g/mol. The van der Waals surface area contributed by atoms with Gasteiger partial charge in [-0.2, -0.15) is 31.3 Å². The first-order valence-electron chi connectivity index (χ1n) is 8.51. The van der Waals surface area contributed by atoms with Crippen molar-refractivity contribution in [2.24, 2.45) is 0 Å². The van der Waals surface area contributed by atoms with Gasteiger partial charge in [0, 0.05) is 17.9 Å². The van der Waals surface area contributed by atoms with E-state index in [1.165, 1.54) is 24.3 Å². The fraction of sp³-hybridized carbons (Fsp3) is 0.263. The molecule has 0 fully saturated rings. The molecule has 4 nitrogen and oxygen atoms in total. The Balaban J connectivity index is 1.91. The summed E-state index contributed by atoms with van der Waals surface area (Å²) in [5.74, 6) is 0.407. The molecule has 0 bridgehead atoms. The smallest absolute Gasteiger partial charge is 0.433 e. The van der Waals surface area contributed by atoms with Gasteiger partial charge in [-0.05, 0) is 36.4 Å². The third kappa shape index (κ3) is 5.08. The maximum Gasteiger partial charge on any atom is 0.433 e. The Kier molecular flexibility index (Phi) is 5.99. The number of ether oxygens (including phenoxy) is 2. The largest absolute Gasteiger partial charge is 0.493 e. The lowest BCUT2D eigenvalue weighted by Crippen LogP contribution is -2.14. The normalized spacial score (nSPS) is 12.2. The molecule has 0 spiro atoms. The van der Waals surface area contributed by atoms with E-state index in [0.29, 0.717) is 5.75 Å². The Bertz CT molecular complexity index is 1020. The second-order valence-electron chi connectivity index (χ2n) is 6.04. The van der Waals surface area contributed by atoms with Crippen LogP contribution in [0.15, 0.2) is 42.5 Å². The fourth-order valence-electron chi connectivity index (χ4n) is 2.49. The minimum Gasteiger partial charge on any atom is -0.493 e. The third-order valence-electron chi connectivity index (χ3n) is 3.84. The molecule has 0 N–H and O–H groups in total. The van der Waals surface area contributed by atoms with E-state index in [4.69, 9.17) is 9.47 Å². The summed E-state index contributed by atoms with van der Waals surface area (Å²) in [6.07, 6.45) is -9.87. The average Bonchev–Trinajstić information content (AvgIpc) is 2.67. The first-order valence-corrected chi connectivity index (χ1v) is 8.51. The molecule has 1 aromatic carbocycles. The molecule has 0 radical (unpaired) electrons. The molecule has 0 aliphatic rings. The lowest BCUT2D eigenvalue weighted by molar-refractivity contribution is -0.144. The van der Waals surface area contributed by atoms with Crippen molar-refractivity contribution in [1.82, 2.24) is 9.97 Å². The molecule has 3 rings (SSSR count). The number of benzene rings is 1. The maximum atomic E-state index is 13.2. The molecule has 3 aromatic rings. The zero-order valence-electron chi connectivity index (χ0n) is 15.0. The van der Waals surface area contributed by atoms with Crippen molar-refractivity contribution < 1.29 is 40.2 Å². The Morgan fingerprint density at radius 2 is 1.47 bits per heavy atom. The van der Waals surface area contributed by atoms with Crippen LogP contribution in [0.4, 0.5) is 30.7 Å². The van der Waals surface area contributed by atoms with Crippen LogP contribution in [0.2, 0.25) is 0 Å². The van der Waals surface area contributed by atoms with Gasteiger partial charge in [-0.3, -0.25) is 4.39 Å². The molecule has 2 heterocycles. The highest BCUT2D eigenvalue weighted by molar-refractivity contribution is 5.80. The molecule has 160 valence electrons. The molecular weight excluding hydrogens is 421 g/mol. The number of alkyl halides is 7. The highest BCUT2D eigenvalue weighted by Crippen LogP contribution is 2.38. The molecule has 11 heteroatoms. The number of nitrogens with zero attached hydrogens (tertiary/aromatic N) is 2. The van der Waals surface area contributed by atoms with Crippen LogP contribution in [-0.2, 0) is 12.4 Å². The summed E-state index contributed by atoms with van der Waals surface area (Å²) in [6.45, 7) is -0.341. The molecule has 0 aliphatic heterocycles. The van der Waals surface area contributed by atoms with E-state index in [2.05, 4.69) is 9.97 Å². The SMILES string of the molecule is FCCCOc1ccc(Oc2ccc3c(C(F)(F)F)cc(C(F)(F)F)nc3n2)cc1. The summed E-state index contributed by atoms with van der Waals surface area (Å²) in [5.41, 5.74) is -3.95. The third-order valence-corrected chi connectivity index (χ3v) is 3.84. The van der Waals surface area contributed by atoms with Crippen molar-refractivity contribution in [3.05, 3.63) is 53.7 Å². The Hall–Kier alpha value is -3.11. The lowest BCUT2D eigenvalue weighted by atomic mass is 10.1. The highest BCUT2D eigenvalue weighted by atomic mass is 19.4. The first-order chi connectivity index (χ1) is 14.1. The van der Waals surface area contributed by atoms with Gasteiger partial charge < -0.3 is 9.47 Å². The van der Waals surface area contributed by atoms with Crippen LogP contribution in [0.5, 0.6) is 17.4 Å². The summed E-state index contributed by atoms with van der Waals surface area (Å²) >= 11 is 0. The highest BCUT2D eigenvalue weighted by Gasteiger charge is 2.39. The Morgan fingerprint density at radius 1 is 0.800 bits per heavy atom. The second kappa shape index (κ2) is 8.33. The second-order valence-corrected chi connectivity index (χ2v) is 6.04. The van der Waals surface area contributed by atoms with Crippen molar-refractivity contribution in [1.29, 1.82) is 0 Å². The molecule has 0 unspecified atom stereocenters. The molecule has 0 atom stereocenters. The van der Waals surface area contributed by atoms with E-state index in [-0.39, 0.29) is 30.7 Å². The molecule has 0 saturated carbocycles. The minimum absolute atomic E-state index is 0.0494. The van der Waals surface area contributed by atoms with Gasteiger partial charge in [0.05, 0.1) is 18.8 Å². The Labute approximate surface area is 165 Å². The number of halogens is 7. The van der Waals surface area contributed by atoms with Crippen LogP contribution in [0, 0.1) is 0 Å². The van der Waals surface area contributed by atoms with Crippen LogP contribution < -0.4 is 9.47 Å². The van der Waals surface area contributed by atoms with E-state index in [9.17, 15) is 30.7 Å². The minimum atomic E-state index is -5.08. The van der Waals surface area contributed by atoms with E-state index in [1.807, 2.05) is 0 Å². The van der Waals surface area contributed by atoms with Crippen molar-refractivity contribution in [3.63, 3.8) is 0 Å². The molecule has 0 amide bonds. The quantitative estimate of drug-likeness (QED) is 0.342. The number of fused-ring (bicyclic) bond motifs is 1. The standard InChI is InChI=1S/C19H13F7N2O2/c20-8-1-9-29-11-2-4-12(5-3-11)30-16-7-6-13-14(18(21,22)23)10-15(19(24,25)26)27-17(13)28-16/h2-7,10H,1,8-9H2. The zero-order chi connectivity index (χ0) is 21.9. The van der Waals surface area contributed by atoms with Crippen LogP contribution in [0.1, 0.15) is 17.7 Å². The van der Waals surface area contributed by atoms with E-state index < -0.39 is 41.3 Å². The van der Waals surface area contributed by atoms with Crippen molar-refractivity contribution in [2.45, 2.75) is 18.8 Å². The van der Waals surface area contributed by atoms with Gasteiger partial charge in [0.2, 0.25) is 5.88 Å². The van der Waals surface area contributed by atoms with Crippen LogP contribution >= 0.6 is 0 Å². The van der Waals surface area contributed by atoms with E-state index >= 15 is 0 Å². The predicted molar refractivity (Wildman–Crippen MR) is 92.1 cm³/mol. The number of aromatic nitrogens is 2. The van der Waals surface area contributed by atoms with Gasteiger partial charge in [-0.1, -0.05) is 0 Å². The zero-order valence-corrected chi connectivity index (χ0v) is 15.0. The fourth-order valence-corrected chi connectivity index (χ4v) is 2.49. The van der Waals surface area contributed by atoms with Gasteiger partial charge in [-0.15, -0.1) is 0 Å². The van der Waals surface area contributed by atoms with Crippen LogP contribution in [0.3, 0.4) is 0 Å². The van der Waals surface area contributed by atoms with E-state index in [0.717, 1.165) is 12.1 Å². The maximum absolute atomic E-state index is 13.2. The number of hydrogen-bond donors (Lipinski definition) is 0. The number of pyridine rings is 2. The van der Waals surface area contributed by atoms with Gasteiger partial charge in [0.25, 0.3) is 0 Å². The van der Waals surface area contributed by atoms with Crippen molar-refractivity contribution in [3.8, 4) is 17.4 Å². The lowest BCUT2D eigenvalue weighted by Gasteiger charge is -2.14. The predicted octanol–water partition coefficient (Wildman–Crippen LogP) is 6.20. The number of hydrogen-bond acceptors (Lipinski definition) is 4. The summed E-state index contributed by atoms with van der Waals surface area (Å²) in [4.78, 5) is 6.91. The van der Waals surface area contributed by atoms with Gasteiger partial charge in [0.15, 0.2) is 5.65 Å². The van der Waals surface area contributed by atoms with Gasteiger partial charge >= 0.3 is 12.4 Å². The van der Waals surface area contributed by atoms with Crippen molar-refractivity contribution >= 4 is 11.0 Å².